The van der Waals surface area contributed by atoms with E-state index in [1.54, 1.807) is 0 Å². The summed E-state index contributed by atoms with van der Waals surface area (Å²) in [7, 11) is 0. The second-order valence-corrected chi connectivity index (χ2v) is 6.67. The molecule has 1 aromatic carbocycles. The van der Waals surface area contributed by atoms with Gasteiger partial charge in [0.25, 0.3) is 5.91 Å². The Labute approximate surface area is 136 Å². The van der Waals surface area contributed by atoms with E-state index in [1.807, 2.05) is 24.3 Å². The molecule has 1 heterocycles. The van der Waals surface area contributed by atoms with E-state index < -0.39 is 11.5 Å². The first-order chi connectivity index (χ1) is 11.1. The molecule has 5 nitrogen and oxygen atoms in total. The first kappa shape index (κ1) is 16.0. The third kappa shape index (κ3) is 3.72. The van der Waals surface area contributed by atoms with Gasteiger partial charge in [-0.05, 0) is 49.3 Å². The van der Waals surface area contributed by atoms with Crippen molar-refractivity contribution in [3.05, 3.63) is 35.4 Å². The third-order valence-corrected chi connectivity index (χ3v) is 5.07. The minimum absolute atomic E-state index is 0.0672. The standard InChI is InChI=1S/C18H23NO4/c20-16(21)12-18(8-10-23-11-9-18)19-17(22)15-6-4-14(5-7-15)13-2-1-3-13/h4-7,13H,1-3,8-12H2,(H,19,22)(H,20,21). The van der Waals surface area contributed by atoms with E-state index in [0.717, 1.165) is 0 Å². The maximum atomic E-state index is 12.5. The molecule has 1 saturated carbocycles. The molecule has 1 aromatic rings. The maximum Gasteiger partial charge on any atom is 0.305 e. The number of carboxylic acid groups (broad SMARTS) is 1. The van der Waals surface area contributed by atoms with Crippen LogP contribution in [-0.2, 0) is 9.53 Å². The summed E-state index contributed by atoms with van der Waals surface area (Å²) in [5.41, 5.74) is 1.18. The Morgan fingerprint density at radius 3 is 2.35 bits per heavy atom. The van der Waals surface area contributed by atoms with Gasteiger partial charge in [-0.15, -0.1) is 0 Å². The van der Waals surface area contributed by atoms with E-state index in [4.69, 9.17) is 9.84 Å². The highest BCUT2D eigenvalue weighted by Gasteiger charge is 2.36. The van der Waals surface area contributed by atoms with Crippen LogP contribution in [0.3, 0.4) is 0 Å². The summed E-state index contributed by atoms with van der Waals surface area (Å²) in [4.78, 5) is 23.7. The van der Waals surface area contributed by atoms with Crippen molar-refractivity contribution in [1.29, 1.82) is 0 Å². The van der Waals surface area contributed by atoms with Gasteiger partial charge in [0.1, 0.15) is 0 Å². The SMILES string of the molecule is O=C(O)CC1(NC(=O)c2ccc(C3CCC3)cc2)CCOCC1. The molecule has 2 aliphatic rings. The van der Waals surface area contributed by atoms with Crippen LogP contribution in [0.1, 0.15) is 60.4 Å². The molecule has 1 amide bonds. The number of benzene rings is 1. The largest absolute Gasteiger partial charge is 0.481 e. The minimum atomic E-state index is -0.896. The van der Waals surface area contributed by atoms with Crippen molar-refractivity contribution in [3.8, 4) is 0 Å². The summed E-state index contributed by atoms with van der Waals surface area (Å²) in [5.74, 6) is -0.457. The smallest absolute Gasteiger partial charge is 0.305 e. The number of rotatable bonds is 5. The molecule has 1 aliphatic heterocycles. The molecule has 2 fully saturated rings. The van der Waals surface area contributed by atoms with Crippen molar-refractivity contribution < 1.29 is 19.4 Å². The van der Waals surface area contributed by atoms with E-state index in [0.29, 0.717) is 37.5 Å². The van der Waals surface area contributed by atoms with Crippen LogP contribution in [0.15, 0.2) is 24.3 Å². The zero-order valence-electron chi connectivity index (χ0n) is 13.2. The molecule has 0 atom stereocenters. The monoisotopic (exact) mass is 317 g/mol. The first-order valence-corrected chi connectivity index (χ1v) is 8.30. The highest BCUT2D eigenvalue weighted by atomic mass is 16.5. The number of carbonyl (C=O) groups is 2. The molecule has 0 radical (unpaired) electrons. The Balaban J connectivity index is 1.69. The average molecular weight is 317 g/mol. The predicted molar refractivity (Wildman–Crippen MR) is 85.5 cm³/mol. The molecular weight excluding hydrogens is 294 g/mol. The highest BCUT2D eigenvalue weighted by Crippen LogP contribution is 2.36. The summed E-state index contributed by atoms with van der Waals surface area (Å²) in [6, 6.07) is 7.73. The number of hydrogen-bond donors (Lipinski definition) is 2. The molecule has 1 aliphatic carbocycles. The number of carbonyl (C=O) groups excluding carboxylic acids is 1. The van der Waals surface area contributed by atoms with Crippen LogP contribution < -0.4 is 5.32 Å². The van der Waals surface area contributed by atoms with Crippen LogP contribution in [0.25, 0.3) is 0 Å². The number of aliphatic carboxylic acids is 1. The fraction of sp³-hybridized carbons (Fsp3) is 0.556. The minimum Gasteiger partial charge on any atom is -0.481 e. The van der Waals surface area contributed by atoms with Crippen LogP contribution in [0.4, 0.5) is 0 Å². The lowest BCUT2D eigenvalue weighted by molar-refractivity contribution is -0.139. The summed E-state index contributed by atoms with van der Waals surface area (Å²) < 4.78 is 5.31. The number of hydrogen-bond acceptors (Lipinski definition) is 3. The number of amides is 1. The van der Waals surface area contributed by atoms with E-state index in [9.17, 15) is 9.59 Å². The molecule has 0 spiro atoms. The second-order valence-electron chi connectivity index (χ2n) is 6.67. The maximum absolute atomic E-state index is 12.5. The van der Waals surface area contributed by atoms with Crippen molar-refractivity contribution >= 4 is 11.9 Å². The molecule has 3 rings (SSSR count). The lowest BCUT2D eigenvalue weighted by Gasteiger charge is -2.36. The Morgan fingerprint density at radius 1 is 1.17 bits per heavy atom. The number of nitrogens with one attached hydrogen (secondary N) is 1. The molecule has 0 unspecified atom stereocenters. The van der Waals surface area contributed by atoms with Gasteiger partial charge in [0, 0.05) is 18.8 Å². The zero-order chi connectivity index (χ0) is 16.3. The van der Waals surface area contributed by atoms with Gasteiger partial charge in [-0.2, -0.15) is 0 Å². The molecule has 1 saturated heterocycles. The molecule has 0 bridgehead atoms. The molecule has 5 heteroatoms. The van der Waals surface area contributed by atoms with Crippen LogP contribution in [0, 0.1) is 0 Å². The lowest BCUT2D eigenvalue weighted by Crippen LogP contribution is -2.53. The number of ether oxygens (including phenoxy) is 1. The van der Waals surface area contributed by atoms with Crippen molar-refractivity contribution in [2.24, 2.45) is 0 Å². The van der Waals surface area contributed by atoms with Crippen LogP contribution >= 0.6 is 0 Å². The Morgan fingerprint density at radius 2 is 1.83 bits per heavy atom. The van der Waals surface area contributed by atoms with Gasteiger partial charge in [-0.1, -0.05) is 18.6 Å². The van der Waals surface area contributed by atoms with Gasteiger partial charge in [0.15, 0.2) is 0 Å². The summed E-state index contributed by atoms with van der Waals surface area (Å²) in [5, 5.41) is 12.1. The van der Waals surface area contributed by atoms with Crippen molar-refractivity contribution in [1.82, 2.24) is 5.32 Å². The lowest BCUT2D eigenvalue weighted by atomic mass is 9.80. The summed E-state index contributed by atoms with van der Waals surface area (Å²) >= 11 is 0. The fourth-order valence-corrected chi connectivity index (χ4v) is 3.36. The quantitative estimate of drug-likeness (QED) is 0.875. The third-order valence-electron chi connectivity index (χ3n) is 5.07. The molecule has 124 valence electrons. The number of carboxylic acids is 1. The Bertz CT molecular complexity index is 571. The molecule has 2 N–H and O–H groups in total. The first-order valence-electron chi connectivity index (χ1n) is 8.30. The molecule has 0 aromatic heterocycles. The van der Waals surface area contributed by atoms with Crippen LogP contribution in [0.2, 0.25) is 0 Å². The van der Waals surface area contributed by atoms with Gasteiger partial charge in [0.2, 0.25) is 0 Å². The van der Waals surface area contributed by atoms with Gasteiger partial charge >= 0.3 is 5.97 Å². The second kappa shape index (κ2) is 6.71. The summed E-state index contributed by atoms with van der Waals surface area (Å²) in [6.07, 6.45) is 4.74. The predicted octanol–water partition coefficient (Wildman–Crippen LogP) is 2.71. The van der Waals surface area contributed by atoms with Crippen molar-refractivity contribution in [2.45, 2.75) is 50.0 Å². The molecule has 23 heavy (non-hydrogen) atoms. The zero-order valence-corrected chi connectivity index (χ0v) is 13.2. The van der Waals surface area contributed by atoms with Gasteiger partial charge < -0.3 is 15.2 Å². The highest BCUT2D eigenvalue weighted by molar-refractivity contribution is 5.95. The summed E-state index contributed by atoms with van der Waals surface area (Å²) in [6.45, 7) is 0.961. The Hall–Kier alpha value is -1.88. The van der Waals surface area contributed by atoms with E-state index >= 15 is 0 Å². The van der Waals surface area contributed by atoms with Gasteiger partial charge in [-0.25, -0.2) is 0 Å². The van der Waals surface area contributed by atoms with Crippen molar-refractivity contribution in [3.63, 3.8) is 0 Å². The van der Waals surface area contributed by atoms with Gasteiger partial charge in [-0.3, -0.25) is 9.59 Å². The average Bonchev–Trinajstić information content (AvgIpc) is 2.46. The van der Waals surface area contributed by atoms with E-state index in [2.05, 4.69) is 5.32 Å². The van der Waals surface area contributed by atoms with Crippen molar-refractivity contribution in [2.75, 3.05) is 13.2 Å². The van der Waals surface area contributed by atoms with E-state index in [-0.39, 0.29) is 12.3 Å². The topological polar surface area (TPSA) is 75.6 Å². The van der Waals surface area contributed by atoms with Crippen LogP contribution in [0.5, 0.6) is 0 Å². The Kier molecular flexibility index (Phi) is 4.66. The molecular formula is C18H23NO4. The van der Waals surface area contributed by atoms with Crippen LogP contribution in [-0.4, -0.2) is 35.7 Å². The van der Waals surface area contributed by atoms with E-state index in [1.165, 1.54) is 24.8 Å². The normalized spacial score (nSPS) is 20.5. The fourth-order valence-electron chi connectivity index (χ4n) is 3.36. The van der Waals surface area contributed by atoms with Gasteiger partial charge in [0.05, 0.1) is 12.0 Å².